The average molecular weight is 384 g/mol. The van der Waals surface area contributed by atoms with E-state index in [2.05, 4.69) is 27.7 Å². The third-order valence-corrected chi connectivity index (χ3v) is 5.14. The number of hydrogen-bond donors (Lipinski definition) is 0. The molecule has 0 aromatic heterocycles. The molecule has 0 heterocycles. The first-order chi connectivity index (χ1) is 13.0. The molecule has 0 fully saturated rings. The molecule has 0 N–H and O–H groups in total. The molecule has 6 nitrogen and oxygen atoms in total. The first kappa shape index (κ1) is 21.5. The van der Waals surface area contributed by atoms with E-state index >= 15 is 0 Å². The molecule has 2 rings (SSSR count). The van der Waals surface area contributed by atoms with E-state index in [1.165, 1.54) is 0 Å². The minimum absolute atomic E-state index is 0.0723. The zero-order chi connectivity index (χ0) is 20.9. The van der Waals surface area contributed by atoms with Crippen LogP contribution < -0.4 is 0 Å². The van der Waals surface area contributed by atoms with Crippen molar-refractivity contribution in [1.82, 2.24) is 0 Å². The highest BCUT2D eigenvalue weighted by atomic mass is 16.6. The van der Waals surface area contributed by atoms with Crippen LogP contribution in [0.1, 0.15) is 51.7 Å². The molecule has 0 amide bonds. The molecule has 0 bridgehead atoms. The third-order valence-electron chi connectivity index (χ3n) is 5.14. The van der Waals surface area contributed by atoms with Crippen LogP contribution in [0.4, 0.5) is 11.4 Å². The number of nitrogens with zero attached hydrogens (tertiary/aromatic N) is 2. The highest BCUT2D eigenvalue weighted by Crippen LogP contribution is 2.36. The lowest BCUT2D eigenvalue weighted by Gasteiger charge is -2.31. The van der Waals surface area contributed by atoms with Gasteiger partial charge in [-0.1, -0.05) is 52.0 Å². The van der Waals surface area contributed by atoms with Gasteiger partial charge >= 0.3 is 0 Å². The van der Waals surface area contributed by atoms with Crippen molar-refractivity contribution in [3.63, 3.8) is 0 Å². The van der Waals surface area contributed by atoms with Crippen molar-refractivity contribution in [2.45, 2.75) is 53.4 Å². The van der Waals surface area contributed by atoms with Gasteiger partial charge in [0, 0.05) is 24.3 Å². The highest BCUT2D eigenvalue weighted by Gasteiger charge is 2.25. The van der Waals surface area contributed by atoms with Gasteiger partial charge in [-0.2, -0.15) is 0 Å². The fourth-order valence-corrected chi connectivity index (χ4v) is 3.43. The Morgan fingerprint density at radius 3 is 1.18 bits per heavy atom. The Bertz CT molecular complexity index is 753. The normalized spacial score (nSPS) is 12.0. The van der Waals surface area contributed by atoms with E-state index in [1.807, 2.05) is 24.3 Å². The van der Waals surface area contributed by atoms with Gasteiger partial charge < -0.3 is 0 Å². The van der Waals surface area contributed by atoms with Crippen LogP contribution >= 0.6 is 0 Å². The molecular formula is C22H28N2O4. The van der Waals surface area contributed by atoms with E-state index in [0.29, 0.717) is 0 Å². The maximum atomic E-state index is 10.8. The van der Waals surface area contributed by atoms with Crippen molar-refractivity contribution < 1.29 is 9.85 Å². The lowest BCUT2D eigenvalue weighted by Crippen LogP contribution is -2.22. The minimum atomic E-state index is -0.379. The number of hydrogen-bond acceptors (Lipinski definition) is 4. The van der Waals surface area contributed by atoms with Gasteiger partial charge in [-0.25, -0.2) is 0 Å². The second kappa shape index (κ2) is 8.50. The van der Waals surface area contributed by atoms with Crippen molar-refractivity contribution in [3.8, 4) is 0 Å². The Balaban J connectivity index is 1.93. The average Bonchev–Trinajstić information content (AvgIpc) is 2.60. The van der Waals surface area contributed by atoms with Gasteiger partial charge in [0.25, 0.3) is 11.4 Å². The van der Waals surface area contributed by atoms with E-state index < -0.39 is 0 Å². The predicted octanol–water partition coefficient (Wildman–Crippen LogP) is 6.12. The number of rotatable bonds is 9. The molecule has 0 spiro atoms. The molecule has 0 aliphatic rings. The lowest BCUT2D eigenvalue weighted by atomic mass is 9.74. The summed E-state index contributed by atoms with van der Waals surface area (Å²) in [7, 11) is 0. The van der Waals surface area contributed by atoms with E-state index in [1.54, 1.807) is 24.3 Å². The Morgan fingerprint density at radius 1 is 0.643 bits per heavy atom. The molecule has 0 radical (unpaired) electrons. The molecule has 2 aromatic carbocycles. The van der Waals surface area contributed by atoms with E-state index in [9.17, 15) is 20.2 Å². The smallest absolute Gasteiger partial charge is 0.258 e. The summed E-state index contributed by atoms with van der Waals surface area (Å²) in [5.74, 6) is 0. The van der Waals surface area contributed by atoms with E-state index in [-0.39, 0.29) is 32.1 Å². The molecule has 0 atom stereocenters. The van der Waals surface area contributed by atoms with Gasteiger partial charge in [0.1, 0.15) is 0 Å². The molecule has 0 aliphatic carbocycles. The second-order valence-corrected chi connectivity index (χ2v) is 9.03. The maximum Gasteiger partial charge on any atom is 0.269 e. The number of nitro benzene ring substituents is 2. The summed E-state index contributed by atoms with van der Waals surface area (Å²) >= 11 is 0. The Hall–Kier alpha value is -2.76. The topological polar surface area (TPSA) is 86.3 Å². The minimum Gasteiger partial charge on any atom is -0.258 e. The van der Waals surface area contributed by atoms with Crippen molar-refractivity contribution in [2.75, 3.05) is 0 Å². The maximum absolute atomic E-state index is 10.8. The van der Waals surface area contributed by atoms with Gasteiger partial charge in [0.2, 0.25) is 0 Å². The molecule has 6 heteroatoms. The van der Waals surface area contributed by atoms with Crippen molar-refractivity contribution >= 4 is 11.4 Å². The molecule has 0 unspecified atom stereocenters. The summed E-state index contributed by atoms with van der Waals surface area (Å²) < 4.78 is 0. The quantitative estimate of drug-likeness (QED) is 0.385. The van der Waals surface area contributed by atoms with Crippen LogP contribution in [-0.4, -0.2) is 9.85 Å². The van der Waals surface area contributed by atoms with Gasteiger partial charge in [-0.05, 0) is 47.6 Å². The van der Waals surface area contributed by atoms with Gasteiger partial charge in [-0.15, -0.1) is 0 Å². The molecule has 28 heavy (non-hydrogen) atoms. The fourth-order valence-electron chi connectivity index (χ4n) is 3.43. The zero-order valence-electron chi connectivity index (χ0n) is 17.0. The highest BCUT2D eigenvalue weighted by molar-refractivity contribution is 5.34. The standard InChI is InChI=1S/C22H28N2O4/c1-21(2,15-17-5-9-19(10-6-17)23(25)26)13-14-22(3,4)16-18-7-11-20(12-8-18)24(27)28/h5-12H,13-16H2,1-4H3. The molecule has 2 aromatic rings. The van der Waals surface area contributed by atoms with E-state index in [4.69, 9.17) is 0 Å². The third kappa shape index (κ3) is 6.44. The summed E-state index contributed by atoms with van der Waals surface area (Å²) in [5.41, 5.74) is 2.58. The SMILES string of the molecule is CC(C)(CCC(C)(C)Cc1ccc([N+](=O)[O-])cc1)Cc1ccc([N+](=O)[O-])cc1. The molecule has 0 aliphatic heterocycles. The molecule has 150 valence electrons. The van der Waals surface area contributed by atoms with Crippen LogP contribution in [-0.2, 0) is 12.8 Å². The predicted molar refractivity (Wildman–Crippen MR) is 110 cm³/mol. The van der Waals surface area contributed by atoms with Gasteiger partial charge in [-0.3, -0.25) is 20.2 Å². The van der Waals surface area contributed by atoms with Gasteiger partial charge in [0.15, 0.2) is 0 Å². The monoisotopic (exact) mass is 384 g/mol. The van der Waals surface area contributed by atoms with Crippen molar-refractivity contribution in [1.29, 1.82) is 0 Å². The first-order valence-corrected chi connectivity index (χ1v) is 9.44. The van der Waals surface area contributed by atoms with Crippen molar-refractivity contribution in [3.05, 3.63) is 79.9 Å². The summed E-state index contributed by atoms with van der Waals surface area (Å²) in [5, 5.41) is 21.6. The van der Waals surface area contributed by atoms with Crippen LogP contribution in [0.2, 0.25) is 0 Å². The fraction of sp³-hybridized carbons (Fsp3) is 0.455. The Morgan fingerprint density at radius 2 is 0.929 bits per heavy atom. The Labute approximate surface area is 165 Å². The zero-order valence-corrected chi connectivity index (χ0v) is 17.0. The van der Waals surface area contributed by atoms with Crippen LogP contribution in [0, 0.1) is 31.1 Å². The summed E-state index contributed by atoms with van der Waals surface area (Å²) in [4.78, 5) is 20.8. The molecule has 0 saturated carbocycles. The molecule has 0 saturated heterocycles. The largest absolute Gasteiger partial charge is 0.269 e. The summed E-state index contributed by atoms with van der Waals surface area (Å²) in [6, 6.07) is 13.6. The lowest BCUT2D eigenvalue weighted by molar-refractivity contribution is -0.385. The summed E-state index contributed by atoms with van der Waals surface area (Å²) in [6.07, 6.45) is 3.76. The van der Waals surface area contributed by atoms with E-state index in [0.717, 1.165) is 36.8 Å². The van der Waals surface area contributed by atoms with Gasteiger partial charge in [0.05, 0.1) is 9.85 Å². The number of benzene rings is 2. The van der Waals surface area contributed by atoms with Crippen LogP contribution in [0.15, 0.2) is 48.5 Å². The molecular weight excluding hydrogens is 356 g/mol. The van der Waals surface area contributed by atoms with Crippen LogP contribution in [0.5, 0.6) is 0 Å². The number of nitro groups is 2. The van der Waals surface area contributed by atoms with Crippen LogP contribution in [0.25, 0.3) is 0 Å². The Kier molecular flexibility index (Phi) is 6.54. The first-order valence-electron chi connectivity index (χ1n) is 9.44. The van der Waals surface area contributed by atoms with Crippen LogP contribution in [0.3, 0.4) is 0 Å². The summed E-state index contributed by atoms with van der Waals surface area (Å²) in [6.45, 7) is 8.87. The number of non-ortho nitro benzene ring substituents is 2. The van der Waals surface area contributed by atoms with Crippen molar-refractivity contribution in [2.24, 2.45) is 10.8 Å². The second-order valence-electron chi connectivity index (χ2n) is 9.03.